The Morgan fingerprint density at radius 3 is 1.97 bits per heavy atom. The number of carbonyl (C=O) groups excluding carboxylic acids is 2. The van der Waals surface area contributed by atoms with Crippen LogP contribution < -0.4 is 10.2 Å². The molecule has 0 aromatic heterocycles. The first kappa shape index (κ1) is 27.3. The van der Waals surface area contributed by atoms with Gasteiger partial charge >= 0.3 is 12.1 Å². The number of piperazine rings is 1. The normalized spacial score (nSPS) is 18.5. The number of esters is 1. The molecule has 2 aliphatic heterocycles. The SMILES string of the molecule is CC(C)(C)OC(=O)CN1CCC(NCc2ccc(N3CCN(C(=O)OC(C)(C)C)CC3)cc2)CC1. The van der Waals surface area contributed by atoms with Gasteiger partial charge in [-0.3, -0.25) is 9.69 Å². The van der Waals surface area contributed by atoms with Gasteiger partial charge in [0.2, 0.25) is 0 Å². The Morgan fingerprint density at radius 2 is 1.43 bits per heavy atom. The molecular weight excluding hydrogens is 444 g/mol. The second kappa shape index (κ2) is 11.6. The molecule has 0 saturated carbocycles. The largest absolute Gasteiger partial charge is 0.459 e. The van der Waals surface area contributed by atoms with Gasteiger partial charge in [-0.2, -0.15) is 0 Å². The summed E-state index contributed by atoms with van der Waals surface area (Å²) in [5.74, 6) is -0.143. The number of benzene rings is 1. The summed E-state index contributed by atoms with van der Waals surface area (Å²) in [6.45, 7) is 17.4. The van der Waals surface area contributed by atoms with Crippen molar-refractivity contribution < 1.29 is 19.1 Å². The molecule has 2 saturated heterocycles. The smallest absolute Gasteiger partial charge is 0.410 e. The van der Waals surface area contributed by atoms with Crippen LogP contribution in [0.15, 0.2) is 24.3 Å². The van der Waals surface area contributed by atoms with Crippen LogP contribution in [0.4, 0.5) is 10.5 Å². The van der Waals surface area contributed by atoms with Crippen molar-refractivity contribution in [3.8, 4) is 0 Å². The van der Waals surface area contributed by atoms with Gasteiger partial charge in [-0.25, -0.2) is 4.79 Å². The molecule has 1 N–H and O–H groups in total. The third-order valence-corrected chi connectivity index (χ3v) is 6.19. The van der Waals surface area contributed by atoms with Crippen LogP contribution in [0.3, 0.4) is 0 Å². The van der Waals surface area contributed by atoms with E-state index < -0.39 is 11.2 Å². The number of amides is 1. The van der Waals surface area contributed by atoms with Crippen molar-refractivity contribution in [3.05, 3.63) is 29.8 Å². The Balaban J connectivity index is 1.36. The monoisotopic (exact) mass is 488 g/mol. The minimum atomic E-state index is -0.463. The van der Waals surface area contributed by atoms with Gasteiger partial charge in [0.1, 0.15) is 11.2 Å². The highest BCUT2D eigenvalue weighted by molar-refractivity contribution is 5.72. The van der Waals surface area contributed by atoms with Crippen molar-refractivity contribution in [1.82, 2.24) is 15.1 Å². The zero-order valence-electron chi connectivity index (χ0n) is 22.4. The van der Waals surface area contributed by atoms with Crippen molar-refractivity contribution in [2.75, 3.05) is 50.7 Å². The summed E-state index contributed by atoms with van der Waals surface area (Å²) in [6.07, 6.45) is 1.83. The number of carbonyl (C=O) groups is 2. The highest BCUT2D eigenvalue weighted by Gasteiger charge is 2.26. The molecule has 0 radical (unpaired) electrons. The summed E-state index contributed by atoms with van der Waals surface area (Å²) in [5.41, 5.74) is 1.56. The molecule has 0 aliphatic carbocycles. The number of nitrogens with one attached hydrogen (secondary N) is 1. The lowest BCUT2D eigenvalue weighted by Gasteiger charge is -2.36. The van der Waals surface area contributed by atoms with Crippen LogP contribution in [-0.4, -0.2) is 84.9 Å². The molecule has 8 heteroatoms. The molecule has 0 atom stereocenters. The molecule has 196 valence electrons. The zero-order valence-corrected chi connectivity index (χ0v) is 22.4. The number of rotatable bonds is 6. The number of ether oxygens (including phenoxy) is 2. The van der Waals surface area contributed by atoms with Crippen LogP contribution in [0.25, 0.3) is 0 Å². The molecule has 2 fully saturated rings. The lowest BCUT2D eigenvalue weighted by atomic mass is 10.0. The molecule has 0 unspecified atom stereocenters. The maximum Gasteiger partial charge on any atom is 0.410 e. The number of anilines is 1. The van der Waals surface area contributed by atoms with Gasteiger partial charge in [0, 0.05) is 57.5 Å². The third-order valence-electron chi connectivity index (χ3n) is 6.19. The lowest BCUT2D eigenvalue weighted by Crippen LogP contribution is -2.50. The first-order valence-corrected chi connectivity index (χ1v) is 12.9. The topological polar surface area (TPSA) is 74.4 Å². The van der Waals surface area contributed by atoms with Gasteiger partial charge in [0.25, 0.3) is 0 Å². The first-order valence-electron chi connectivity index (χ1n) is 12.9. The maximum absolute atomic E-state index is 12.3. The summed E-state index contributed by atoms with van der Waals surface area (Å²) in [5, 5.41) is 3.67. The average molecular weight is 489 g/mol. The summed E-state index contributed by atoms with van der Waals surface area (Å²) >= 11 is 0. The fourth-order valence-corrected chi connectivity index (χ4v) is 4.41. The number of nitrogens with zero attached hydrogens (tertiary/aromatic N) is 3. The van der Waals surface area contributed by atoms with E-state index in [1.54, 1.807) is 4.90 Å². The quantitative estimate of drug-likeness (QED) is 0.613. The van der Waals surface area contributed by atoms with Gasteiger partial charge in [0.15, 0.2) is 0 Å². The van der Waals surface area contributed by atoms with Crippen LogP contribution in [-0.2, 0) is 20.8 Å². The van der Waals surface area contributed by atoms with E-state index in [0.717, 1.165) is 45.6 Å². The number of piperidine rings is 1. The van der Waals surface area contributed by atoms with E-state index in [4.69, 9.17) is 9.47 Å². The second-order valence-corrected chi connectivity index (χ2v) is 11.6. The highest BCUT2D eigenvalue weighted by atomic mass is 16.6. The fraction of sp³-hybridized carbons (Fsp3) is 0.704. The van der Waals surface area contributed by atoms with Crippen molar-refractivity contribution >= 4 is 17.7 Å². The number of hydrogen-bond acceptors (Lipinski definition) is 7. The van der Waals surface area contributed by atoms with Gasteiger partial charge in [-0.05, 0) is 72.1 Å². The summed E-state index contributed by atoms with van der Waals surface area (Å²) in [4.78, 5) is 30.6. The van der Waals surface area contributed by atoms with Gasteiger partial charge < -0.3 is 24.6 Å². The standard InChI is InChI=1S/C27H44N4O4/c1-26(2,3)34-24(32)20-29-13-11-22(12-14-29)28-19-21-7-9-23(10-8-21)30-15-17-31(18-16-30)25(33)35-27(4,5)6/h7-10,22,28H,11-20H2,1-6H3. The first-order chi connectivity index (χ1) is 16.4. The van der Waals surface area contributed by atoms with Crippen molar-refractivity contribution in [2.24, 2.45) is 0 Å². The van der Waals surface area contributed by atoms with E-state index in [-0.39, 0.29) is 12.1 Å². The molecule has 1 amide bonds. The van der Waals surface area contributed by atoms with Crippen LogP contribution in [0.1, 0.15) is 59.9 Å². The second-order valence-electron chi connectivity index (χ2n) is 11.6. The Bertz CT molecular complexity index is 828. The molecule has 3 rings (SSSR count). The predicted molar refractivity (Wildman–Crippen MR) is 139 cm³/mol. The van der Waals surface area contributed by atoms with Crippen LogP contribution in [0.5, 0.6) is 0 Å². The van der Waals surface area contributed by atoms with Crippen molar-refractivity contribution in [3.63, 3.8) is 0 Å². The predicted octanol–water partition coefficient (Wildman–Crippen LogP) is 3.64. The third kappa shape index (κ3) is 9.33. The van der Waals surface area contributed by atoms with Crippen molar-refractivity contribution in [1.29, 1.82) is 0 Å². The maximum atomic E-state index is 12.3. The van der Waals surface area contributed by atoms with E-state index in [9.17, 15) is 9.59 Å². The van der Waals surface area contributed by atoms with E-state index in [1.807, 2.05) is 41.5 Å². The molecule has 35 heavy (non-hydrogen) atoms. The highest BCUT2D eigenvalue weighted by Crippen LogP contribution is 2.19. The van der Waals surface area contributed by atoms with Crippen LogP contribution in [0.2, 0.25) is 0 Å². The minimum Gasteiger partial charge on any atom is -0.459 e. The number of hydrogen-bond donors (Lipinski definition) is 1. The van der Waals surface area contributed by atoms with E-state index in [0.29, 0.717) is 25.7 Å². The number of likely N-dealkylation sites (tertiary alicyclic amines) is 1. The van der Waals surface area contributed by atoms with Crippen LogP contribution in [0, 0.1) is 0 Å². The Kier molecular flexibility index (Phi) is 9.05. The lowest BCUT2D eigenvalue weighted by molar-refractivity contribution is -0.156. The molecule has 0 bridgehead atoms. The molecule has 0 spiro atoms. The Morgan fingerprint density at radius 1 is 0.857 bits per heavy atom. The van der Waals surface area contributed by atoms with E-state index >= 15 is 0 Å². The molecule has 2 aliphatic rings. The van der Waals surface area contributed by atoms with Gasteiger partial charge in [0.05, 0.1) is 6.54 Å². The van der Waals surface area contributed by atoms with Crippen molar-refractivity contribution in [2.45, 2.75) is 78.2 Å². The molecule has 1 aromatic rings. The zero-order chi connectivity index (χ0) is 25.6. The summed E-state index contributed by atoms with van der Waals surface area (Å²) in [7, 11) is 0. The molecule has 8 nitrogen and oxygen atoms in total. The average Bonchev–Trinajstić information content (AvgIpc) is 2.77. The Hall–Kier alpha value is -2.32. The minimum absolute atomic E-state index is 0.143. The summed E-state index contributed by atoms with van der Waals surface area (Å²) in [6, 6.07) is 9.17. The molecule has 1 aromatic carbocycles. The molecule has 2 heterocycles. The van der Waals surface area contributed by atoms with Crippen LogP contribution >= 0.6 is 0 Å². The Labute approximate surface area is 210 Å². The fourth-order valence-electron chi connectivity index (χ4n) is 4.41. The summed E-state index contributed by atoms with van der Waals surface area (Å²) < 4.78 is 10.9. The van der Waals surface area contributed by atoms with Gasteiger partial charge in [-0.1, -0.05) is 12.1 Å². The molecular formula is C27H44N4O4. The van der Waals surface area contributed by atoms with E-state index in [1.165, 1.54) is 11.3 Å². The van der Waals surface area contributed by atoms with Gasteiger partial charge in [-0.15, -0.1) is 0 Å². The van der Waals surface area contributed by atoms with E-state index in [2.05, 4.69) is 39.4 Å².